The molecule has 1 atom stereocenters. The number of nitrogens with zero attached hydrogens (tertiary/aromatic N) is 3. The van der Waals surface area contributed by atoms with E-state index in [2.05, 4.69) is 10.1 Å². The molecular formula is C12H16N4O2. The van der Waals surface area contributed by atoms with Crippen molar-refractivity contribution in [1.29, 1.82) is 0 Å². The smallest absolute Gasteiger partial charge is 0.335 e. The van der Waals surface area contributed by atoms with Crippen molar-refractivity contribution < 1.29 is 9.53 Å². The van der Waals surface area contributed by atoms with Crippen LogP contribution in [0.4, 0.5) is 4.79 Å². The summed E-state index contributed by atoms with van der Waals surface area (Å²) in [6, 6.07) is 3.25. The molecule has 0 spiro atoms. The van der Waals surface area contributed by atoms with Crippen molar-refractivity contribution in [2.45, 2.75) is 19.3 Å². The molecule has 0 saturated heterocycles. The molecule has 0 fully saturated rings. The van der Waals surface area contributed by atoms with E-state index in [1.807, 2.05) is 19.1 Å². The van der Waals surface area contributed by atoms with Gasteiger partial charge in [0.05, 0.1) is 19.9 Å². The van der Waals surface area contributed by atoms with Gasteiger partial charge >= 0.3 is 6.03 Å². The van der Waals surface area contributed by atoms with Crippen LogP contribution < -0.4 is 10.5 Å². The minimum Gasteiger partial charge on any atom is -0.495 e. The second-order valence-electron chi connectivity index (χ2n) is 4.15. The van der Waals surface area contributed by atoms with Crippen molar-refractivity contribution in [2.75, 3.05) is 13.7 Å². The maximum absolute atomic E-state index is 11.0. The minimum atomic E-state index is -0.514. The lowest BCUT2D eigenvalue weighted by atomic mass is 9.99. The molecule has 1 aliphatic heterocycles. The summed E-state index contributed by atoms with van der Waals surface area (Å²) in [6.07, 6.45) is 2.41. The van der Waals surface area contributed by atoms with E-state index in [0.717, 1.165) is 23.6 Å². The molecule has 96 valence electrons. The van der Waals surface area contributed by atoms with Gasteiger partial charge in [-0.25, -0.2) is 9.80 Å². The molecule has 1 aromatic rings. The zero-order valence-corrected chi connectivity index (χ0v) is 10.5. The molecule has 0 saturated carbocycles. The predicted molar refractivity (Wildman–Crippen MR) is 67.5 cm³/mol. The van der Waals surface area contributed by atoms with Crippen LogP contribution in [0.1, 0.15) is 25.0 Å². The molecule has 6 heteroatoms. The van der Waals surface area contributed by atoms with Gasteiger partial charge in [-0.2, -0.15) is 5.10 Å². The van der Waals surface area contributed by atoms with Gasteiger partial charge in [-0.3, -0.25) is 4.98 Å². The number of pyridine rings is 1. The predicted octanol–water partition coefficient (Wildman–Crippen LogP) is 1.33. The number of ether oxygens (including phenoxy) is 1. The highest BCUT2D eigenvalue weighted by atomic mass is 16.5. The largest absolute Gasteiger partial charge is 0.495 e. The second kappa shape index (κ2) is 5.03. The van der Waals surface area contributed by atoms with Crippen molar-refractivity contribution in [3.05, 3.63) is 24.0 Å². The van der Waals surface area contributed by atoms with Gasteiger partial charge < -0.3 is 10.5 Å². The number of urea groups is 1. The summed E-state index contributed by atoms with van der Waals surface area (Å²) in [5, 5.41) is 5.50. The van der Waals surface area contributed by atoms with E-state index >= 15 is 0 Å². The van der Waals surface area contributed by atoms with Gasteiger partial charge in [0.25, 0.3) is 0 Å². The number of carbonyl (C=O) groups is 1. The Hall–Kier alpha value is -2.11. The third kappa shape index (κ3) is 2.42. The average Bonchev–Trinajstić information content (AvgIpc) is 2.88. The second-order valence-corrected chi connectivity index (χ2v) is 4.15. The number of carbonyl (C=O) groups excluding carboxylic acids is 1. The van der Waals surface area contributed by atoms with Crippen molar-refractivity contribution in [3.63, 3.8) is 0 Å². The van der Waals surface area contributed by atoms with E-state index in [1.165, 1.54) is 5.01 Å². The van der Waals surface area contributed by atoms with Gasteiger partial charge in [0.2, 0.25) is 0 Å². The fraction of sp³-hybridized carbons (Fsp3) is 0.417. The Bertz CT molecular complexity index is 469. The highest BCUT2D eigenvalue weighted by Crippen LogP contribution is 2.22. The Morgan fingerprint density at radius 3 is 2.83 bits per heavy atom. The molecule has 0 unspecified atom stereocenters. The molecule has 0 aromatic carbocycles. The lowest BCUT2D eigenvalue weighted by Crippen LogP contribution is -2.29. The number of hydrazone groups is 1. The third-order valence-corrected chi connectivity index (χ3v) is 3.02. The molecule has 6 nitrogen and oxygen atoms in total. The standard InChI is InChI=1S/C12H16N4O2/c1-8(10-4-3-9(18-2)7-14-10)11-5-6-16(15-11)12(13)17/h3-4,7-8H,5-6H2,1-2H3,(H2,13,17)/t8-/m1/s1. The molecule has 2 heterocycles. The Balaban J connectivity index is 2.13. The normalized spacial score (nSPS) is 16.3. The topological polar surface area (TPSA) is 80.8 Å². The first-order valence-corrected chi connectivity index (χ1v) is 5.76. The van der Waals surface area contributed by atoms with Gasteiger partial charge in [-0.15, -0.1) is 0 Å². The van der Waals surface area contributed by atoms with Crippen LogP contribution in [0.25, 0.3) is 0 Å². The van der Waals surface area contributed by atoms with Crippen LogP contribution in [0.15, 0.2) is 23.4 Å². The van der Waals surface area contributed by atoms with E-state index in [-0.39, 0.29) is 5.92 Å². The van der Waals surface area contributed by atoms with Gasteiger partial charge in [-0.1, -0.05) is 6.92 Å². The van der Waals surface area contributed by atoms with Crippen LogP contribution in [0, 0.1) is 0 Å². The van der Waals surface area contributed by atoms with E-state index in [0.29, 0.717) is 6.54 Å². The number of nitrogens with two attached hydrogens (primary N) is 1. The van der Waals surface area contributed by atoms with E-state index < -0.39 is 6.03 Å². The number of aromatic nitrogens is 1. The zero-order chi connectivity index (χ0) is 13.1. The number of rotatable bonds is 3. The molecule has 2 rings (SSSR count). The molecule has 18 heavy (non-hydrogen) atoms. The SMILES string of the molecule is COc1ccc([C@@H](C)C2=NN(C(N)=O)CC2)nc1. The number of methoxy groups -OCH3 is 1. The van der Waals surface area contributed by atoms with E-state index in [4.69, 9.17) is 10.5 Å². The van der Waals surface area contributed by atoms with Gasteiger partial charge in [0, 0.05) is 23.7 Å². The Morgan fingerprint density at radius 1 is 1.56 bits per heavy atom. The molecule has 0 aliphatic carbocycles. The van der Waals surface area contributed by atoms with Crippen molar-refractivity contribution in [3.8, 4) is 5.75 Å². The summed E-state index contributed by atoms with van der Waals surface area (Å²) < 4.78 is 5.06. The molecule has 1 aliphatic rings. The maximum Gasteiger partial charge on any atom is 0.335 e. The first-order valence-electron chi connectivity index (χ1n) is 5.76. The fourth-order valence-corrected chi connectivity index (χ4v) is 1.88. The zero-order valence-electron chi connectivity index (χ0n) is 10.5. The summed E-state index contributed by atoms with van der Waals surface area (Å²) in [5.41, 5.74) is 7.01. The summed E-state index contributed by atoms with van der Waals surface area (Å²) >= 11 is 0. The number of hydrogen-bond donors (Lipinski definition) is 1. The van der Waals surface area contributed by atoms with Gasteiger partial charge in [0.15, 0.2) is 0 Å². The molecule has 0 bridgehead atoms. The average molecular weight is 248 g/mol. The van der Waals surface area contributed by atoms with Gasteiger partial charge in [-0.05, 0) is 12.1 Å². The number of amides is 2. The quantitative estimate of drug-likeness (QED) is 0.876. The lowest BCUT2D eigenvalue weighted by Gasteiger charge is -2.10. The van der Waals surface area contributed by atoms with Crippen LogP contribution in [0.3, 0.4) is 0 Å². The van der Waals surface area contributed by atoms with Gasteiger partial charge in [0.1, 0.15) is 5.75 Å². The van der Waals surface area contributed by atoms with E-state index in [9.17, 15) is 4.79 Å². The monoisotopic (exact) mass is 248 g/mol. The highest BCUT2D eigenvalue weighted by Gasteiger charge is 2.23. The first kappa shape index (κ1) is 12.3. The Morgan fingerprint density at radius 2 is 2.33 bits per heavy atom. The minimum absolute atomic E-state index is 0.0697. The van der Waals surface area contributed by atoms with E-state index in [1.54, 1.807) is 13.3 Å². The molecule has 0 radical (unpaired) electrons. The maximum atomic E-state index is 11.0. The Labute approximate surface area is 105 Å². The summed E-state index contributed by atoms with van der Waals surface area (Å²) in [6.45, 7) is 2.56. The summed E-state index contributed by atoms with van der Waals surface area (Å²) in [7, 11) is 1.60. The molecule has 1 aromatic heterocycles. The van der Waals surface area contributed by atoms with Crippen molar-refractivity contribution in [1.82, 2.24) is 9.99 Å². The fourth-order valence-electron chi connectivity index (χ4n) is 1.88. The summed E-state index contributed by atoms with van der Waals surface area (Å²) in [4.78, 5) is 15.3. The lowest BCUT2D eigenvalue weighted by molar-refractivity contribution is 0.215. The molecule has 2 N–H and O–H groups in total. The first-order chi connectivity index (χ1) is 8.61. The number of primary amides is 1. The van der Waals surface area contributed by atoms with Crippen molar-refractivity contribution in [2.24, 2.45) is 10.8 Å². The highest BCUT2D eigenvalue weighted by molar-refractivity contribution is 5.93. The van der Waals surface area contributed by atoms with Crippen LogP contribution >= 0.6 is 0 Å². The number of hydrogen-bond acceptors (Lipinski definition) is 4. The summed E-state index contributed by atoms with van der Waals surface area (Å²) in [5.74, 6) is 0.790. The molecular weight excluding hydrogens is 232 g/mol. The van der Waals surface area contributed by atoms with Crippen LogP contribution in [-0.4, -0.2) is 35.4 Å². The van der Waals surface area contributed by atoms with Crippen LogP contribution in [0.2, 0.25) is 0 Å². The Kier molecular flexibility index (Phi) is 3.45. The van der Waals surface area contributed by atoms with Crippen LogP contribution in [0.5, 0.6) is 5.75 Å². The van der Waals surface area contributed by atoms with Crippen molar-refractivity contribution >= 4 is 11.7 Å². The van der Waals surface area contributed by atoms with Crippen LogP contribution in [-0.2, 0) is 0 Å². The third-order valence-electron chi connectivity index (χ3n) is 3.02. The molecule has 2 amide bonds.